The zero-order chi connectivity index (χ0) is 12.4. The van der Waals surface area contributed by atoms with Crippen molar-refractivity contribution in [3.05, 3.63) is 65.7 Å². The summed E-state index contributed by atoms with van der Waals surface area (Å²) in [5, 5.41) is 1.03. The maximum atomic E-state index is 5.49. The van der Waals surface area contributed by atoms with Crippen molar-refractivity contribution in [3.8, 4) is 0 Å². The Hall–Kier alpha value is -1.58. The molecule has 0 radical (unpaired) electrons. The smallest absolute Gasteiger partial charge is 0.134 e. The van der Waals surface area contributed by atoms with E-state index in [4.69, 9.17) is 9.73 Å². The van der Waals surface area contributed by atoms with E-state index in [0.29, 0.717) is 0 Å². The average molecular weight is 255 g/mol. The summed E-state index contributed by atoms with van der Waals surface area (Å²) >= 11 is 1.66. The van der Waals surface area contributed by atoms with E-state index < -0.39 is 0 Å². The van der Waals surface area contributed by atoms with Crippen LogP contribution in [0.4, 0.5) is 5.69 Å². The first-order valence-electron chi connectivity index (χ1n) is 5.81. The van der Waals surface area contributed by atoms with E-state index in [1.54, 1.807) is 18.9 Å². The van der Waals surface area contributed by atoms with Gasteiger partial charge < -0.3 is 4.74 Å². The minimum absolute atomic E-state index is 0.0589. The molecule has 0 amide bonds. The second-order valence-corrected chi connectivity index (χ2v) is 5.08. The van der Waals surface area contributed by atoms with E-state index in [9.17, 15) is 0 Å². The number of para-hydroxylation sites is 1. The van der Waals surface area contributed by atoms with Crippen LogP contribution in [0.3, 0.4) is 0 Å². The quantitative estimate of drug-likeness (QED) is 0.803. The lowest BCUT2D eigenvalue weighted by Crippen LogP contribution is -1.91. The maximum absolute atomic E-state index is 5.49. The summed E-state index contributed by atoms with van der Waals surface area (Å²) in [6, 6.07) is 18.3. The van der Waals surface area contributed by atoms with Gasteiger partial charge in [-0.25, -0.2) is 4.99 Å². The number of thioether (sulfide) groups is 1. The van der Waals surface area contributed by atoms with Crippen LogP contribution in [0.2, 0.25) is 0 Å². The third kappa shape index (κ3) is 2.07. The molecule has 0 spiro atoms. The highest BCUT2D eigenvalue weighted by Crippen LogP contribution is 2.43. The standard InChI is InChI=1S/C15H13NOS/c1-17-15-13-10-6-5-9-12(13)14(18-15)16-11-7-3-2-4-8-11/h2-10,15H,1H3. The summed E-state index contributed by atoms with van der Waals surface area (Å²) in [5.41, 5.74) is 3.42. The molecular formula is C15H13NOS. The highest BCUT2D eigenvalue weighted by Gasteiger charge is 2.27. The molecule has 3 heteroatoms. The summed E-state index contributed by atoms with van der Waals surface area (Å²) in [4.78, 5) is 4.70. The molecule has 18 heavy (non-hydrogen) atoms. The summed E-state index contributed by atoms with van der Waals surface area (Å²) in [6.07, 6.45) is 0. The van der Waals surface area contributed by atoms with Crippen LogP contribution in [0.1, 0.15) is 16.6 Å². The number of hydrogen-bond acceptors (Lipinski definition) is 3. The molecule has 1 atom stereocenters. The largest absolute Gasteiger partial charge is 0.366 e. The van der Waals surface area contributed by atoms with Gasteiger partial charge in [-0.3, -0.25) is 0 Å². The van der Waals surface area contributed by atoms with Crippen LogP contribution >= 0.6 is 11.8 Å². The first kappa shape index (κ1) is 11.5. The van der Waals surface area contributed by atoms with Crippen LogP contribution in [0.15, 0.2) is 59.6 Å². The molecule has 0 N–H and O–H groups in total. The summed E-state index contributed by atoms with van der Waals surface area (Å²) in [6.45, 7) is 0. The molecular weight excluding hydrogens is 242 g/mol. The zero-order valence-electron chi connectivity index (χ0n) is 10.0. The number of benzene rings is 2. The second-order valence-electron chi connectivity index (χ2n) is 4.03. The maximum Gasteiger partial charge on any atom is 0.134 e. The molecule has 0 saturated carbocycles. The Labute approximate surface area is 111 Å². The van der Waals surface area contributed by atoms with E-state index >= 15 is 0 Å². The highest BCUT2D eigenvalue weighted by molar-refractivity contribution is 8.15. The lowest BCUT2D eigenvalue weighted by atomic mass is 10.1. The second kappa shape index (κ2) is 4.96. The molecule has 2 nitrogen and oxygen atoms in total. The first-order valence-corrected chi connectivity index (χ1v) is 6.69. The predicted molar refractivity (Wildman–Crippen MR) is 76.4 cm³/mol. The van der Waals surface area contributed by atoms with Gasteiger partial charge in [0.1, 0.15) is 10.5 Å². The van der Waals surface area contributed by atoms with Crippen molar-refractivity contribution >= 4 is 22.5 Å². The molecule has 0 aliphatic carbocycles. The van der Waals surface area contributed by atoms with Gasteiger partial charge in [-0.15, -0.1) is 0 Å². The number of hydrogen-bond donors (Lipinski definition) is 0. The van der Waals surface area contributed by atoms with Gasteiger partial charge in [-0.05, 0) is 12.1 Å². The number of rotatable bonds is 2. The fourth-order valence-electron chi connectivity index (χ4n) is 2.01. The van der Waals surface area contributed by atoms with Crippen LogP contribution in [-0.2, 0) is 4.74 Å². The third-order valence-electron chi connectivity index (χ3n) is 2.86. The Morgan fingerprint density at radius 2 is 1.72 bits per heavy atom. The van der Waals surface area contributed by atoms with Crippen LogP contribution < -0.4 is 0 Å². The van der Waals surface area contributed by atoms with Crippen LogP contribution in [0, 0.1) is 0 Å². The number of fused-ring (bicyclic) bond motifs is 1. The van der Waals surface area contributed by atoms with E-state index in [2.05, 4.69) is 12.1 Å². The van der Waals surface area contributed by atoms with Gasteiger partial charge in [-0.2, -0.15) is 0 Å². The van der Waals surface area contributed by atoms with Crippen molar-refractivity contribution in [1.82, 2.24) is 0 Å². The van der Waals surface area contributed by atoms with Gasteiger partial charge in [-0.1, -0.05) is 54.2 Å². The Morgan fingerprint density at radius 3 is 2.50 bits per heavy atom. The predicted octanol–water partition coefficient (Wildman–Crippen LogP) is 4.16. The molecule has 0 bridgehead atoms. The van der Waals surface area contributed by atoms with Gasteiger partial charge in [0, 0.05) is 18.2 Å². The van der Waals surface area contributed by atoms with E-state index in [-0.39, 0.29) is 5.44 Å². The minimum atomic E-state index is 0.0589. The lowest BCUT2D eigenvalue weighted by Gasteiger charge is -2.05. The van der Waals surface area contributed by atoms with Crippen molar-refractivity contribution in [2.75, 3.05) is 7.11 Å². The van der Waals surface area contributed by atoms with Crippen molar-refractivity contribution in [3.63, 3.8) is 0 Å². The molecule has 3 rings (SSSR count). The SMILES string of the molecule is COC1SC(=Nc2ccccc2)c2ccccc21. The van der Waals surface area contributed by atoms with Gasteiger partial charge >= 0.3 is 0 Å². The van der Waals surface area contributed by atoms with E-state index in [0.717, 1.165) is 10.7 Å². The number of aliphatic imine (C=N–C) groups is 1. The van der Waals surface area contributed by atoms with Crippen molar-refractivity contribution in [1.29, 1.82) is 0 Å². The van der Waals surface area contributed by atoms with Crippen molar-refractivity contribution < 1.29 is 4.74 Å². The monoisotopic (exact) mass is 255 g/mol. The number of methoxy groups -OCH3 is 1. The lowest BCUT2D eigenvalue weighted by molar-refractivity contribution is 0.177. The Balaban J connectivity index is 2.03. The van der Waals surface area contributed by atoms with Crippen molar-refractivity contribution in [2.24, 2.45) is 4.99 Å². The van der Waals surface area contributed by atoms with E-state index in [1.165, 1.54) is 11.1 Å². The normalized spacial score (nSPS) is 20.1. The Morgan fingerprint density at radius 1 is 1.00 bits per heavy atom. The minimum Gasteiger partial charge on any atom is -0.366 e. The average Bonchev–Trinajstić information content (AvgIpc) is 2.78. The Kier molecular flexibility index (Phi) is 3.17. The molecule has 90 valence electrons. The topological polar surface area (TPSA) is 21.6 Å². The van der Waals surface area contributed by atoms with Crippen LogP contribution in [0.25, 0.3) is 0 Å². The third-order valence-corrected chi connectivity index (χ3v) is 4.06. The molecule has 0 aromatic heterocycles. The first-order chi connectivity index (χ1) is 8.88. The molecule has 0 fully saturated rings. The molecule has 1 unspecified atom stereocenters. The molecule has 2 aromatic rings. The zero-order valence-corrected chi connectivity index (χ0v) is 10.9. The van der Waals surface area contributed by atoms with E-state index in [1.807, 2.05) is 42.5 Å². The van der Waals surface area contributed by atoms with Gasteiger partial charge in [0.25, 0.3) is 0 Å². The van der Waals surface area contributed by atoms with Crippen LogP contribution in [-0.4, -0.2) is 12.2 Å². The molecule has 0 saturated heterocycles. The van der Waals surface area contributed by atoms with Gasteiger partial charge in [0.15, 0.2) is 0 Å². The summed E-state index contributed by atoms with van der Waals surface area (Å²) in [5.74, 6) is 0. The molecule has 1 heterocycles. The summed E-state index contributed by atoms with van der Waals surface area (Å²) < 4.78 is 5.49. The number of nitrogens with zero attached hydrogens (tertiary/aromatic N) is 1. The molecule has 2 aromatic carbocycles. The Bertz CT molecular complexity index is 580. The van der Waals surface area contributed by atoms with Crippen LogP contribution in [0.5, 0.6) is 0 Å². The molecule has 1 aliphatic rings. The fourth-order valence-corrected chi connectivity index (χ4v) is 3.11. The number of ether oxygens (including phenoxy) is 1. The van der Waals surface area contributed by atoms with Gasteiger partial charge in [0.2, 0.25) is 0 Å². The summed E-state index contributed by atoms with van der Waals surface area (Å²) in [7, 11) is 1.74. The highest BCUT2D eigenvalue weighted by atomic mass is 32.2. The molecule has 1 aliphatic heterocycles. The van der Waals surface area contributed by atoms with Crippen molar-refractivity contribution in [2.45, 2.75) is 5.44 Å². The van der Waals surface area contributed by atoms with Gasteiger partial charge in [0.05, 0.1) is 5.69 Å². The fraction of sp³-hybridized carbons (Fsp3) is 0.133.